The van der Waals surface area contributed by atoms with Crippen LogP contribution in [0.15, 0.2) is 42.0 Å². The molecule has 1 unspecified atom stereocenters. The molecule has 176 valence electrons. The van der Waals surface area contributed by atoms with Gasteiger partial charge in [-0.2, -0.15) is 0 Å². The van der Waals surface area contributed by atoms with Crippen LogP contribution in [0.2, 0.25) is 0 Å². The number of fused-ring (bicyclic) bond motifs is 2. The predicted molar refractivity (Wildman–Crippen MR) is 127 cm³/mol. The van der Waals surface area contributed by atoms with Gasteiger partial charge in [0.2, 0.25) is 0 Å². The lowest BCUT2D eigenvalue weighted by Gasteiger charge is -2.36. The topological polar surface area (TPSA) is 38.8 Å². The zero-order chi connectivity index (χ0) is 23.3. The van der Waals surface area contributed by atoms with Gasteiger partial charge in [-0.1, -0.05) is 44.2 Å². The fourth-order valence-corrected chi connectivity index (χ4v) is 5.01. The van der Waals surface area contributed by atoms with Crippen molar-refractivity contribution in [2.24, 2.45) is 11.3 Å². The number of benzene rings is 1. The molecule has 1 aliphatic carbocycles. The van der Waals surface area contributed by atoms with Crippen LogP contribution in [0.3, 0.4) is 0 Å². The Balaban J connectivity index is 1.54. The zero-order valence-corrected chi connectivity index (χ0v) is 20.2. The Bertz CT molecular complexity index is 857. The molecule has 0 radical (unpaired) electrons. The van der Waals surface area contributed by atoms with Crippen LogP contribution >= 0.6 is 11.6 Å². The molecule has 0 N–H and O–H groups in total. The van der Waals surface area contributed by atoms with Gasteiger partial charge in [-0.25, -0.2) is 4.39 Å². The van der Waals surface area contributed by atoms with Gasteiger partial charge in [-0.3, -0.25) is 4.79 Å². The molecule has 1 aromatic rings. The summed E-state index contributed by atoms with van der Waals surface area (Å²) in [5.41, 5.74) is 1.33. The summed E-state index contributed by atoms with van der Waals surface area (Å²) < 4.78 is 25.9. The van der Waals surface area contributed by atoms with E-state index in [1.54, 1.807) is 12.1 Å². The number of hydrogen-bond acceptors (Lipinski definition) is 4. The van der Waals surface area contributed by atoms with E-state index in [2.05, 4.69) is 30.1 Å². The van der Waals surface area contributed by atoms with Gasteiger partial charge in [0.15, 0.2) is 0 Å². The molecular formula is C26H35ClFNO3. The summed E-state index contributed by atoms with van der Waals surface area (Å²) in [5, 5.41) is 0.829. The van der Waals surface area contributed by atoms with Crippen LogP contribution in [0.1, 0.15) is 51.5 Å². The van der Waals surface area contributed by atoms with Gasteiger partial charge in [-0.05, 0) is 61.3 Å². The summed E-state index contributed by atoms with van der Waals surface area (Å²) in [5.74, 6) is -0.227. The fraction of sp³-hybridized carbons (Fsp3) is 0.577. The number of hydrogen-bond donors (Lipinski definition) is 0. The van der Waals surface area contributed by atoms with Crippen molar-refractivity contribution in [3.8, 4) is 0 Å². The van der Waals surface area contributed by atoms with E-state index in [1.807, 2.05) is 12.1 Å². The molecule has 1 aliphatic heterocycles. The highest BCUT2D eigenvalue weighted by molar-refractivity contribution is 6.29. The number of allylic oxidation sites excluding steroid dienone is 3. The largest absolute Gasteiger partial charge is 0.469 e. The molecule has 4 nitrogen and oxygen atoms in total. The number of nitrogens with zero attached hydrogens (tertiary/aromatic N) is 1. The Kier molecular flexibility index (Phi) is 8.40. The quantitative estimate of drug-likeness (QED) is 0.296. The Morgan fingerprint density at radius 3 is 2.78 bits per heavy atom. The van der Waals surface area contributed by atoms with Gasteiger partial charge in [0, 0.05) is 23.5 Å². The minimum Gasteiger partial charge on any atom is -0.469 e. The SMILES string of the molecule is C=C/C=C(/Cl)CCC(C)(CC)CO[C@@H]1C[C@@H]2C[C@H]1CN2c1ccc(CC(=O)OC)cc1F. The maximum Gasteiger partial charge on any atom is 0.309 e. The molecule has 32 heavy (non-hydrogen) atoms. The van der Waals surface area contributed by atoms with E-state index >= 15 is 0 Å². The predicted octanol–water partition coefficient (Wildman–Crippen LogP) is 6.03. The summed E-state index contributed by atoms with van der Waals surface area (Å²) in [6.45, 7) is 9.67. The molecule has 0 amide bonds. The zero-order valence-electron chi connectivity index (χ0n) is 19.4. The molecule has 3 rings (SSSR count). The lowest BCUT2D eigenvalue weighted by Crippen LogP contribution is -2.40. The second-order valence-corrected chi connectivity index (χ2v) is 9.92. The smallest absolute Gasteiger partial charge is 0.309 e. The van der Waals surface area contributed by atoms with E-state index in [-0.39, 0.29) is 29.7 Å². The summed E-state index contributed by atoms with van der Waals surface area (Å²) in [4.78, 5) is 13.6. The Hall–Kier alpha value is -1.85. The molecule has 0 spiro atoms. The first kappa shape index (κ1) is 24.8. The minimum absolute atomic E-state index is 0.0816. The summed E-state index contributed by atoms with van der Waals surface area (Å²) in [7, 11) is 1.34. The van der Waals surface area contributed by atoms with Crippen LogP contribution in [0.25, 0.3) is 0 Å². The number of methoxy groups -OCH3 is 1. The first-order chi connectivity index (χ1) is 15.3. The molecule has 2 aliphatic rings. The maximum absolute atomic E-state index is 14.8. The summed E-state index contributed by atoms with van der Waals surface area (Å²) in [6, 6.07) is 5.35. The van der Waals surface area contributed by atoms with Crippen LogP contribution < -0.4 is 4.90 Å². The molecule has 2 bridgehead atoms. The van der Waals surface area contributed by atoms with Crippen molar-refractivity contribution in [1.29, 1.82) is 0 Å². The van der Waals surface area contributed by atoms with Crippen LogP contribution in [-0.4, -0.2) is 38.4 Å². The number of anilines is 1. The van der Waals surface area contributed by atoms with Crippen LogP contribution in [0.5, 0.6) is 0 Å². The van der Waals surface area contributed by atoms with Gasteiger partial charge in [0.25, 0.3) is 0 Å². The third kappa shape index (κ3) is 5.93. The van der Waals surface area contributed by atoms with E-state index in [0.717, 1.165) is 43.7 Å². The van der Waals surface area contributed by atoms with Gasteiger partial charge >= 0.3 is 5.97 Å². The summed E-state index contributed by atoms with van der Waals surface area (Å²) in [6.07, 6.45) is 8.67. The molecule has 1 saturated carbocycles. The van der Waals surface area contributed by atoms with Crippen LogP contribution in [0, 0.1) is 17.2 Å². The molecule has 2 fully saturated rings. The van der Waals surface area contributed by atoms with Gasteiger partial charge in [-0.15, -0.1) is 0 Å². The standard InChI is InChI=1S/C26H35ClFNO3/c1-5-7-20(27)10-11-26(3,6-2)17-32-24-15-21-14-19(24)16-29(21)23-9-8-18(12-22(23)28)13-25(30)31-4/h5,7-9,12,19,21,24H,1,6,10-11,13-17H2,2-4H3/b20-7+/t19-,21-,24+,26?/m0/s1. The highest BCUT2D eigenvalue weighted by atomic mass is 35.5. The van der Waals surface area contributed by atoms with Gasteiger partial charge in [0.05, 0.1) is 31.9 Å². The highest BCUT2D eigenvalue weighted by Gasteiger charge is 2.46. The summed E-state index contributed by atoms with van der Waals surface area (Å²) >= 11 is 6.24. The monoisotopic (exact) mass is 463 g/mol. The van der Waals surface area contributed by atoms with E-state index in [1.165, 1.54) is 13.2 Å². The number of rotatable bonds is 11. The third-order valence-electron chi connectivity index (χ3n) is 7.14. The normalized spacial score (nSPS) is 24.5. The van der Waals surface area contributed by atoms with Crippen molar-refractivity contribution in [3.63, 3.8) is 0 Å². The van der Waals surface area contributed by atoms with Crippen molar-refractivity contribution >= 4 is 23.3 Å². The second kappa shape index (κ2) is 10.8. The van der Waals surface area contributed by atoms with Crippen LogP contribution in [0.4, 0.5) is 10.1 Å². The molecule has 6 heteroatoms. The van der Waals surface area contributed by atoms with Crippen molar-refractivity contribution in [1.82, 2.24) is 0 Å². The van der Waals surface area contributed by atoms with Gasteiger partial charge < -0.3 is 14.4 Å². The fourth-order valence-electron chi connectivity index (χ4n) is 4.83. The molecular weight excluding hydrogens is 429 g/mol. The number of carbonyl (C=O) groups is 1. The highest BCUT2D eigenvalue weighted by Crippen LogP contribution is 2.43. The van der Waals surface area contributed by atoms with Crippen LogP contribution in [-0.2, 0) is 20.7 Å². The average molecular weight is 464 g/mol. The lowest BCUT2D eigenvalue weighted by molar-refractivity contribution is -0.139. The Morgan fingerprint density at radius 1 is 1.41 bits per heavy atom. The second-order valence-electron chi connectivity index (χ2n) is 9.44. The van der Waals surface area contributed by atoms with E-state index in [4.69, 9.17) is 16.3 Å². The molecule has 4 atom stereocenters. The molecule has 1 heterocycles. The number of carbonyl (C=O) groups excluding carboxylic acids is 1. The maximum atomic E-state index is 14.8. The first-order valence-corrected chi connectivity index (χ1v) is 11.9. The molecule has 1 saturated heterocycles. The van der Waals surface area contributed by atoms with Crippen molar-refractivity contribution < 1.29 is 18.7 Å². The Morgan fingerprint density at radius 2 is 2.19 bits per heavy atom. The minimum atomic E-state index is -0.365. The third-order valence-corrected chi connectivity index (χ3v) is 7.46. The Labute approximate surface area is 196 Å². The molecule has 0 aromatic heterocycles. The lowest BCUT2D eigenvalue weighted by atomic mass is 9.83. The number of piperidine rings is 1. The van der Waals surface area contributed by atoms with E-state index in [9.17, 15) is 9.18 Å². The average Bonchev–Trinajstić information content (AvgIpc) is 3.37. The van der Waals surface area contributed by atoms with Crippen molar-refractivity contribution in [3.05, 3.63) is 53.3 Å². The van der Waals surface area contributed by atoms with Crippen molar-refractivity contribution in [2.75, 3.05) is 25.2 Å². The number of ether oxygens (including phenoxy) is 2. The van der Waals surface area contributed by atoms with E-state index < -0.39 is 0 Å². The number of esters is 1. The number of halogens is 2. The van der Waals surface area contributed by atoms with Crippen molar-refractivity contribution in [2.45, 2.75) is 64.5 Å². The van der Waals surface area contributed by atoms with Gasteiger partial charge in [0.1, 0.15) is 5.82 Å². The van der Waals surface area contributed by atoms with E-state index in [0.29, 0.717) is 29.8 Å². The first-order valence-electron chi connectivity index (χ1n) is 11.5. The molecule has 1 aromatic carbocycles.